The van der Waals surface area contributed by atoms with Crippen LogP contribution in [-0.2, 0) is 6.54 Å². The van der Waals surface area contributed by atoms with Crippen LogP contribution in [0.4, 0.5) is 0 Å². The summed E-state index contributed by atoms with van der Waals surface area (Å²) in [5, 5.41) is 3.41. The normalized spacial score (nSPS) is 11.1. The zero-order valence-corrected chi connectivity index (χ0v) is 12.1. The number of para-hydroxylation sites is 1. The number of rotatable bonds is 7. The predicted molar refractivity (Wildman–Crippen MR) is 75.4 cm³/mol. The van der Waals surface area contributed by atoms with E-state index < -0.39 is 0 Å². The summed E-state index contributed by atoms with van der Waals surface area (Å²) in [5.74, 6) is 1.69. The van der Waals surface area contributed by atoms with E-state index >= 15 is 0 Å². The Morgan fingerprint density at radius 3 is 2.44 bits per heavy atom. The SMILES string of the molecule is CCOc1cccc(CNC(C)C)c1OC(C)C. The first-order valence-electron chi connectivity index (χ1n) is 6.69. The molecular weight excluding hydrogens is 226 g/mol. The molecule has 0 amide bonds. The van der Waals surface area contributed by atoms with E-state index in [2.05, 4.69) is 25.2 Å². The molecule has 0 bridgehead atoms. The molecule has 18 heavy (non-hydrogen) atoms. The van der Waals surface area contributed by atoms with Crippen molar-refractivity contribution in [2.75, 3.05) is 6.61 Å². The Balaban J connectivity index is 2.95. The van der Waals surface area contributed by atoms with Crippen LogP contribution in [0, 0.1) is 0 Å². The molecule has 0 aromatic heterocycles. The van der Waals surface area contributed by atoms with E-state index in [-0.39, 0.29) is 6.10 Å². The van der Waals surface area contributed by atoms with Crippen LogP contribution in [0.3, 0.4) is 0 Å². The van der Waals surface area contributed by atoms with Crippen molar-refractivity contribution in [1.82, 2.24) is 5.32 Å². The first-order valence-corrected chi connectivity index (χ1v) is 6.69. The average Bonchev–Trinajstić information content (AvgIpc) is 2.29. The summed E-state index contributed by atoms with van der Waals surface area (Å²) < 4.78 is 11.5. The van der Waals surface area contributed by atoms with E-state index in [1.54, 1.807) is 0 Å². The number of ether oxygens (including phenoxy) is 2. The Morgan fingerprint density at radius 1 is 1.17 bits per heavy atom. The van der Waals surface area contributed by atoms with Gasteiger partial charge in [-0.15, -0.1) is 0 Å². The minimum atomic E-state index is 0.143. The van der Waals surface area contributed by atoms with Gasteiger partial charge in [-0.3, -0.25) is 0 Å². The van der Waals surface area contributed by atoms with Crippen molar-refractivity contribution in [2.24, 2.45) is 0 Å². The lowest BCUT2D eigenvalue weighted by Crippen LogP contribution is -2.22. The summed E-state index contributed by atoms with van der Waals surface area (Å²) in [5.41, 5.74) is 1.14. The minimum absolute atomic E-state index is 0.143. The van der Waals surface area contributed by atoms with Gasteiger partial charge in [-0.1, -0.05) is 26.0 Å². The Bertz CT molecular complexity index is 362. The third kappa shape index (κ3) is 4.57. The van der Waals surface area contributed by atoms with Crippen LogP contribution in [0.2, 0.25) is 0 Å². The maximum absolute atomic E-state index is 5.90. The Kier molecular flexibility index (Phi) is 5.99. The van der Waals surface area contributed by atoms with Crippen LogP contribution in [0.25, 0.3) is 0 Å². The monoisotopic (exact) mass is 251 g/mol. The molecule has 0 aliphatic rings. The van der Waals surface area contributed by atoms with Crippen LogP contribution >= 0.6 is 0 Å². The highest BCUT2D eigenvalue weighted by Crippen LogP contribution is 2.32. The minimum Gasteiger partial charge on any atom is -0.490 e. The van der Waals surface area contributed by atoms with E-state index in [4.69, 9.17) is 9.47 Å². The van der Waals surface area contributed by atoms with Crippen LogP contribution < -0.4 is 14.8 Å². The van der Waals surface area contributed by atoms with Gasteiger partial charge < -0.3 is 14.8 Å². The quantitative estimate of drug-likeness (QED) is 0.806. The Labute approximate surface area is 110 Å². The average molecular weight is 251 g/mol. The molecule has 0 spiro atoms. The molecule has 0 atom stereocenters. The number of hydrogen-bond donors (Lipinski definition) is 1. The molecule has 0 radical (unpaired) electrons. The van der Waals surface area contributed by atoms with Crippen molar-refractivity contribution in [1.29, 1.82) is 0 Å². The molecule has 0 saturated heterocycles. The molecule has 1 N–H and O–H groups in total. The van der Waals surface area contributed by atoms with Gasteiger partial charge in [0.15, 0.2) is 11.5 Å². The fourth-order valence-corrected chi connectivity index (χ4v) is 1.65. The van der Waals surface area contributed by atoms with Gasteiger partial charge in [-0.25, -0.2) is 0 Å². The topological polar surface area (TPSA) is 30.5 Å². The first kappa shape index (κ1) is 14.8. The van der Waals surface area contributed by atoms with Crippen LogP contribution in [0.1, 0.15) is 40.2 Å². The Morgan fingerprint density at radius 2 is 1.89 bits per heavy atom. The summed E-state index contributed by atoms with van der Waals surface area (Å²) in [7, 11) is 0. The summed E-state index contributed by atoms with van der Waals surface area (Å²) in [6.45, 7) is 11.8. The number of benzene rings is 1. The molecule has 0 aliphatic carbocycles. The molecular formula is C15H25NO2. The van der Waals surface area contributed by atoms with Crippen LogP contribution in [-0.4, -0.2) is 18.8 Å². The van der Waals surface area contributed by atoms with Crippen molar-refractivity contribution in [3.05, 3.63) is 23.8 Å². The third-order valence-corrected chi connectivity index (χ3v) is 2.41. The highest BCUT2D eigenvalue weighted by molar-refractivity contribution is 5.46. The largest absolute Gasteiger partial charge is 0.490 e. The summed E-state index contributed by atoms with van der Waals surface area (Å²) in [4.78, 5) is 0. The zero-order chi connectivity index (χ0) is 13.5. The fraction of sp³-hybridized carbons (Fsp3) is 0.600. The Hall–Kier alpha value is -1.22. The maximum atomic E-state index is 5.90. The molecule has 0 heterocycles. The van der Waals surface area contributed by atoms with Crippen molar-refractivity contribution in [3.8, 4) is 11.5 Å². The van der Waals surface area contributed by atoms with Crippen LogP contribution in [0.15, 0.2) is 18.2 Å². The van der Waals surface area contributed by atoms with E-state index in [0.29, 0.717) is 12.6 Å². The lowest BCUT2D eigenvalue weighted by Gasteiger charge is -2.19. The van der Waals surface area contributed by atoms with Gasteiger partial charge in [0.05, 0.1) is 12.7 Å². The molecule has 1 aromatic carbocycles. The van der Waals surface area contributed by atoms with Gasteiger partial charge in [-0.05, 0) is 26.8 Å². The second-order valence-electron chi connectivity index (χ2n) is 4.88. The maximum Gasteiger partial charge on any atom is 0.166 e. The second-order valence-corrected chi connectivity index (χ2v) is 4.88. The molecule has 0 fully saturated rings. The lowest BCUT2D eigenvalue weighted by molar-refractivity contribution is 0.221. The molecule has 3 heteroatoms. The van der Waals surface area contributed by atoms with Crippen molar-refractivity contribution in [2.45, 2.75) is 53.3 Å². The fourth-order valence-electron chi connectivity index (χ4n) is 1.65. The predicted octanol–water partition coefficient (Wildman–Crippen LogP) is 3.37. The number of hydrogen-bond acceptors (Lipinski definition) is 3. The standard InChI is InChI=1S/C15H25NO2/c1-6-17-14-9-7-8-13(10-16-11(2)3)15(14)18-12(4)5/h7-9,11-12,16H,6,10H2,1-5H3. The number of nitrogens with one attached hydrogen (secondary N) is 1. The molecule has 0 saturated carbocycles. The van der Waals surface area contributed by atoms with Crippen molar-refractivity contribution >= 4 is 0 Å². The highest BCUT2D eigenvalue weighted by atomic mass is 16.5. The van der Waals surface area contributed by atoms with Crippen molar-refractivity contribution < 1.29 is 9.47 Å². The molecule has 3 nitrogen and oxygen atoms in total. The van der Waals surface area contributed by atoms with E-state index in [1.807, 2.05) is 32.9 Å². The summed E-state index contributed by atoms with van der Waals surface area (Å²) in [6.07, 6.45) is 0.143. The molecule has 102 valence electrons. The first-order chi connectivity index (χ1) is 8.54. The van der Waals surface area contributed by atoms with Gasteiger partial charge in [0.2, 0.25) is 0 Å². The molecule has 0 unspecified atom stereocenters. The van der Waals surface area contributed by atoms with E-state index in [0.717, 1.165) is 23.6 Å². The smallest absolute Gasteiger partial charge is 0.166 e. The zero-order valence-electron chi connectivity index (χ0n) is 12.1. The van der Waals surface area contributed by atoms with Gasteiger partial charge in [0, 0.05) is 18.2 Å². The lowest BCUT2D eigenvalue weighted by atomic mass is 10.1. The highest BCUT2D eigenvalue weighted by Gasteiger charge is 2.12. The van der Waals surface area contributed by atoms with E-state index in [9.17, 15) is 0 Å². The van der Waals surface area contributed by atoms with Gasteiger partial charge >= 0.3 is 0 Å². The third-order valence-electron chi connectivity index (χ3n) is 2.41. The summed E-state index contributed by atoms with van der Waals surface area (Å²) in [6, 6.07) is 6.50. The molecule has 0 aliphatic heterocycles. The second kappa shape index (κ2) is 7.27. The summed E-state index contributed by atoms with van der Waals surface area (Å²) >= 11 is 0. The van der Waals surface area contributed by atoms with Gasteiger partial charge in [0.25, 0.3) is 0 Å². The van der Waals surface area contributed by atoms with Gasteiger partial charge in [-0.2, -0.15) is 0 Å². The van der Waals surface area contributed by atoms with E-state index in [1.165, 1.54) is 0 Å². The van der Waals surface area contributed by atoms with Gasteiger partial charge in [0.1, 0.15) is 0 Å². The molecule has 1 aromatic rings. The van der Waals surface area contributed by atoms with Crippen LogP contribution in [0.5, 0.6) is 11.5 Å². The molecule has 1 rings (SSSR count). The van der Waals surface area contributed by atoms with Crippen molar-refractivity contribution in [3.63, 3.8) is 0 Å².